The Bertz CT molecular complexity index is 1010. The maximum atomic E-state index is 12.1. The predicted molar refractivity (Wildman–Crippen MR) is 88.6 cm³/mol. The van der Waals surface area contributed by atoms with Crippen LogP contribution in [0.3, 0.4) is 0 Å². The topological polar surface area (TPSA) is 109 Å². The minimum absolute atomic E-state index is 0.0648. The molecular weight excluding hydrogens is 366 g/mol. The SMILES string of the molecule is Cc1c([N+](=O)[O-])cc(-c2nc3ccccc3c(=O)[nH]2)c(O)c1Br. The van der Waals surface area contributed by atoms with Crippen molar-refractivity contribution in [1.29, 1.82) is 0 Å². The number of benzene rings is 2. The van der Waals surface area contributed by atoms with E-state index in [1.165, 1.54) is 13.0 Å². The van der Waals surface area contributed by atoms with E-state index in [9.17, 15) is 20.0 Å². The minimum atomic E-state index is -0.553. The van der Waals surface area contributed by atoms with Gasteiger partial charge < -0.3 is 10.1 Å². The van der Waals surface area contributed by atoms with Gasteiger partial charge in [-0.2, -0.15) is 0 Å². The zero-order chi connectivity index (χ0) is 16.7. The molecule has 1 heterocycles. The molecule has 3 rings (SSSR count). The van der Waals surface area contributed by atoms with Crippen LogP contribution >= 0.6 is 15.9 Å². The third-order valence-electron chi connectivity index (χ3n) is 3.52. The van der Waals surface area contributed by atoms with Gasteiger partial charge in [-0.1, -0.05) is 12.1 Å². The van der Waals surface area contributed by atoms with Gasteiger partial charge in [0.05, 0.1) is 25.9 Å². The average Bonchev–Trinajstić information content (AvgIpc) is 2.52. The average molecular weight is 376 g/mol. The van der Waals surface area contributed by atoms with Crippen LogP contribution in [0.2, 0.25) is 0 Å². The number of aromatic amines is 1. The smallest absolute Gasteiger partial charge is 0.274 e. The van der Waals surface area contributed by atoms with Gasteiger partial charge in [0.1, 0.15) is 11.6 Å². The highest BCUT2D eigenvalue weighted by Crippen LogP contribution is 2.41. The van der Waals surface area contributed by atoms with Gasteiger partial charge in [0.2, 0.25) is 0 Å². The summed E-state index contributed by atoms with van der Waals surface area (Å²) in [6, 6.07) is 7.92. The van der Waals surface area contributed by atoms with Crippen molar-refractivity contribution in [2.45, 2.75) is 6.92 Å². The number of rotatable bonds is 2. The van der Waals surface area contributed by atoms with Crippen LogP contribution in [-0.4, -0.2) is 20.0 Å². The number of nitrogens with one attached hydrogen (secondary N) is 1. The van der Waals surface area contributed by atoms with Gasteiger partial charge in [-0.15, -0.1) is 0 Å². The number of hydrogen-bond acceptors (Lipinski definition) is 5. The summed E-state index contributed by atoms with van der Waals surface area (Å²) in [6.45, 7) is 1.52. The van der Waals surface area contributed by atoms with Crippen LogP contribution in [0.15, 0.2) is 39.6 Å². The summed E-state index contributed by atoms with van der Waals surface area (Å²) >= 11 is 3.14. The number of halogens is 1. The second-order valence-corrected chi connectivity index (χ2v) is 5.71. The fourth-order valence-corrected chi connectivity index (χ4v) is 2.72. The molecule has 7 nitrogen and oxygen atoms in total. The maximum absolute atomic E-state index is 12.1. The minimum Gasteiger partial charge on any atom is -0.506 e. The van der Waals surface area contributed by atoms with E-state index in [2.05, 4.69) is 25.9 Å². The normalized spacial score (nSPS) is 10.9. The first kappa shape index (κ1) is 15.2. The van der Waals surface area contributed by atoms with E-state index in [-0.39, 0.29) is 32.9 Å². The molecule has 2 aromatic carbocycles. The first-order valence-corrected chi connectivity index (χ1v) is 7.35. The number of aromatic nitrogens is 2. The van der Waals surface area contributed by atoms with E-state index in [1.54, 1.807) is 24.3 Å². The van der Waals surface area contributed by atoms with Crippen molar-refractivity contribution in [3.05, 3.63) is 60.8 Å². The lowest BCUT2D eigenvalue weighted by molar-refractivity contribution is -0.385. The fourth-order valence-electron chi connectivity index (χ4n) is 2.31. The summed E-state index contributed by atoms with van der Waals surface area (Å²) in [7, 11) is 0. The summed E-state index contributed by atoms with van der Waals surface area (Å²) in [5.74, 6) is -0.151. The zero-order valence-corrected chi connectivity index (χ0v) is 13.4. The highest BCUT2D eigenvalue weighted by atomic mass is 79.9. The van der Waals surface area contributed by atoms with E-state index in [0.29, 0.717) is 16.5 Å². The van der Waals surface area contributed by atoms with Crippen molar-refractivity contribution < 1.29 is 10.0 Å². The molecule has 0 saturated heterocycles. The van der Waals surface area contributed by atoms with E-state index in [0.717, 1.165) is 0 Å². The Morgan fingerprint density at radius 3 is 2.74 bits per heavy atom. The summed E-state index contributed by atoms with van der Waals surface area (Å²) in [5, 5.41) is 21.8. The third-order valence-corrected chi connectivity index (χ3v) is 4.49. The molecule has 0 unspecified atom stereocenters. The molecule has 116 valence electrons. The van der Waals surface area contributed by atoms with Crippen molar-refractivity contribution in [2.75, 3.05) is 0 Å². The lowest BCUT2D eigenvalue weighted by Gasteiger charge is -2.09. The van der Waals surface area contributed by atoms with E-state index in [4.69, 9.17) is 0 Å². The molecule has 0 aliphatic heterocycles. The van der Waals surface area contributed by atoms with E-state index >= 15 is 0 Å². The van der Waals surface area contributed by atoms with Crippen LogP contribution in [0, 0.1) is 17.0 Å². The Morgan fingerprint density at radius 2 is 2.04 bits per heavy atom. The second kappa shape index (κ2) is 5.47. The van der Waals surface area contributed by atoms with Gasteiger partial charge in [-0.3, -0.25) is 14.9 Å². The molecule has 0 radical (unpaired) electrons. The van der Waals surface area contributed by atoms with Gasteiger partial charge in [0.25, 0.3) is 11.2 Å². The van der Waals surface area contributed by atoms with Gasteiger partial charge in [0, 0.05) is 11.6 Å². The third kappa shape index (κ3) is 2.46. The van der Waals surface area contributed by atoms with E-state index in [1.807, 2.05) is 0 Å². The van der Waals surface area contributed by atoms with Crippen LogP contribution in [0.1, 0.15) is 5.56 Å². The number of aromatic hydroxyl groups is 1. The molecular formula is C15H10BrN3O4. The van der Waals surface area contributed by atoms with Gasteiger partial charge >= 0.3 is 0 Å². The number of phenols is 1. The number of hydrogen-bond donors (Lipinski definition) is 2. The Kier molecular flexibility index (Phi) is 3.61. The zero-order valence-electron chi connectivity index (χ0n) is 11.8. The highest BCUT2D eigenvalue weighted by Gasteiger charge is 2.22. The van der Waals surface area contributed by atoms with E-state index < -0.39 is 4.92 Å². The molecule has 0 aliphatic carbocycles. The molecule has 0 atom stereocenters. The van der Waals surface area contributed by atoms with Crippen LogP contribution < -0.4 is 5.56 Å². The highest BCUT2D eigenvalue weighted by molar-refractivity contribution is 9.10. The molecule has 23 heavy (non-hydrogen) atoms. The molecule has 8 heteroatoms. The molecule has 0 bridgehead atoms. The van der Waals surface area contributed by atoms with Crippen molar-refractivity contribution in [3.8, 4) is 17.1 Å². The van der Waals surface area contributed by atoms with Crippen LogP contribution in [-0.2, 0) is 0 Å². The van der Waals surface area contributed by atoms with Crippen LogP contribution in [0.25, 0.3) is 22.3 Å². The summed E-state index contributed by atoms with van der Waals surface area (Å²) in [6.07, 6.45) is 0. The largest absolute Gasteiger partial charge is 0.506 e. The molecule has 0 aliphatic rings. The van der Waals surface area contributed by atoms with Gasteiger partial charge in [-0.05, 0) is 35.0 Å². The van der Waals surface area contributed by atoms with Crippen molar-refractivity contribution in [2.24, 2.45) is 0 Å². The first-order valence-electron chi connectivity index (χ1n) is 6.56. The Hall–Kier alpha value is -2.74. The predicted octanol–water partition coefficient (Wildman–Crippen LogP) is 3.27. The molecule has 0 saturated carbocycles. The lowest BCUT2D eigenvalue weighted by Crippen LogP contribution is -2.09. The Morgan fingerprint density at radius 1 is 1.35 bits per heavy atom. The molecule has 0 fully saturated rings. The number of phenolic OH excluding ortho intramolecular Hbond substituents is 1. The fraction of sp³-hybridized carbons (Fsp3) is 0.0667. The summed E-state index contributed by atoms with van der Waals surface area (Å²) < 4.78 is 0.192. The quantitative estimate of drug-likeness (QED) is 0.527. The molecule has 0 spiro atoms. The standard InChI is InChI=1S/C15H10BrN3O4/c1-7-11(19(22)23)6-9(13(20)12(7)16)14-17-10-5-3-2-4-8(10)15(21)18-14/h2-6,20H,1H3,(H,17,18,21). The number of fused-ring (bicyclic) bond motifs is 1. The van der Waals surface area contributed by atoms with Crippen molar-refractivity contribution in [3.63, 3.8) is 0 Å². The summed E-state index contributed by atoms with van der Waals surface area (Å²) in [4.78, 5) is 29.6. The molecule has 2 N–H and O–H groups in total. The second-order valence-electron chi connectivity index (χ2n) is 4.92. The van der Waals surface area contributed by atoms with Gasteiger partial charge in [0.15, 0.2) is 0 Å². The first-order chi connectivity index (χ1) is 10.9. The molecule has 1 aromatic heterocycles. The van der Waals surface area contributed by atoms with Crippen LogP contribution in [0.4, 0.5) is 5.69 Å². The lowest BCUT2D eigenvalue weighted by atomic mass is 10.1. The Labute approximate surface area is 137 Å². The monoisotopic (exact) mass is 375 g/mol. The number of H-pyrrole nitrogens is 1. The number of para-hydroxylation sites is 1. The number of nitro groups is 1. The van der Waals surface area contributed by atoms with Crippen LogP contribution in [0.5, 0.6) is 5.75 Å². The van der Waals surface area contributed by atoms with Gasteiger partial charge in [-0.25, -0.2) is 4.98 Å². The van der Waals surface area contributed by atoms with Crippen molar-refractivity contribution >= 4 is 32.5 Å². The Balaban J connectivity index is 2.35. The molecule has 0 amide bonds. The number of nitrogens with zero attached hydrogens (tertiary/aromatic N) is 2. The number of nitro benzene ring substituents is 1. The maximum Gasteiger partial charge on any atom is 0.274 e. The van der Waals surface area contributed by atoms with Crippen molar-refractivity contribution in [1.82, 2.24) is 9.97 Å². The summed E-state index contributed by atoms with van der Waals surface area (Å²) in [5.41, 5.74) is 0.242. The molecule has 3 aromatic rings.